The Labute approximate surface area is 108 Å². The van der Waals surface area contributed by atoms with Gasteiger partial charge in [-0.15, -0.1) is 0 Å². The lowest BCUT2D eigenvalue weighted by Crippen LogP contribution is -2.15. The molecule has 0 bridgehead atoms. The Morgan fingerprint density at radius 3 is 2.65 bits per heavy atom. The lowest BCUT2D eigenvalue weighted by molar-refractivity contribution is 0.608. The van der Waals surface area contributed by atoms with E-state index in [2.05, 4.69) is 29.1 Å². The Morgan fingerprint density at radius 1 is 1.35 bits per heavy atom. The second-order valence-corrected chi connectivity index (χ2v) is 5.68. The van der Waals surface area contributed by atoms with Crippen molar-refractivity contribution in [3.63, 3.8) is 0 Å². The highest BCUT2D eigenvalue weighted by Gasteiger charge is 2.37. The van der Waals surface area contributed by atoms with Crippen LogP contribution in [0.1, 0.15) is 44.5 Å². The molecule has 0 saturated heterocycles. The minimum atomic E-state index is 0.467. The molecule has 1 N–H and O–H groups in total. The van der Waals surface area contributed by atoms with Crippen molar-refractivity contribution in [1.82, 2.24) is 9.97 Å². The molecule has 94 valence electrons. The molecule has 1 fully saturated rings. The minimum Gasteiger partial charge on any atom is -0.369 e. The molecular formula is C13H20ClN3. The number of nitrogens with one attached hydrogen (secondary N) is 1. The van der Waals surface area contributed by atoms with Crippen molar-refractivity contribution >= 4 is 17.4 Å². The zero-order chi connectivity index (χ0) is 12.5. The highest BCUT2D eigenvalue weighted by molar-refractivity contribution is 6.30. The van der Waals surface area contributed by atoms with Gasteiger partial charge in [-0.25, -0.2) is 9.97 Å². The zero-order valence-corrected chi connectivity index (χ0v) is 11.6. The molecule has 1 heterocycles. The summed E-state index contributed by atoms with van der Waals surface area (Å²) in [7, 11) is 0. The Kier molecular flexibility index (Phi) is 3.57. The third-order valence-electron chi connectivity index (χ3n) is 3.39. The van der Waals surface area contributed by atoms with Gasteiger partial charge in [0.2, 0.25) is 0 Å². The number of hydrogen-bond acceptors (Lipinski definition) is 3. The van der Waals surface area contributed by atoms with Crippen LogP contribution in [-0.2, 0) is 6.42 Å². The summed E-state index contributed by atoms with van der Waals surface area (Å²) in [6, 6.07) is 0. The van der Waals surface area contributed by atoms with E-state index in [1.165, 1.54) is 12.8 Å². The molecule has 2 rings (SSSR count). The average Bonchev–Trinajstić information content (AvgIpc) is 3.01. The van der Waals surface area contributed by atoms with Crippen LogP contribution >= 0.6 is 11.6 Å². The summed E-state index contributed by atoms with van der Waals surface area (Å²) in [5.41, 5.74) is 1.42. The number of rotatable bonds is 5. The van der Waals surface area contributed by atoms with Gasteiger partial charge in [0.1, 0.15) is 16.8 Å². The van der Waals surface area contributed by atoms with E-state index >= 15 is 0 Å². The predicted octanol–water partition coefficient (Wildman–Crippen LogP) is 3.60. The number of hydrogen-bond donors (Lipinski definition) is 1. The summed E-state index contributed by atoms with van der Waals surface area (Å²) in [6.07, 6.45) is 4.53. The third-order valence-corrected chi connectivity index (χ3v) is 3.76. The van der Waals surface area contributed by atoms with Gasteiger partial charge in [0.15, 0.2) is 0 Å². The molecule has 0 amide bonds. The van der Waals surface area contributed by atoms with Crippen molar-refractivity contribution in [2.45, 2.75) is 46.5 Å². The van der Waals surface area contributed by atoms with E-state index in [4.69, 9.17) is 11.6 Å². The number of nitrogens with zero attached hydrogens (tertiary/aromatic N) is 2. The number of anilines is 1. The molecule has 4 heteroatoms. The van der Waals surface area contributed by atoms with Crippen molar-refractivity contribution in [2.24, 2.45) is 5.41 Å². The van der Waals surface area contributed by atoms with Gasteiger partial charge in [-0.1, -0.05) is 25.4 Å². The summed E-state index contributed by atoms with van der Waals surface area (Å²) in [6.45, 7) is 7.36. The predicted molar refractivity (Wildman–Crippen MR) is 71.6 cm³/mol. The molecule has 1 aromatic rings. The van der Waals surface area contributed by atoms with Gasteiger partial charge < -0.3 is 5.32 Å². The van der Waals surface area contributed by atoms with E-state index in [1.807, 2.05) is 6.92 Å². The minimum absolute atomic E-state index is 0.467. The van der Waals surface area contributed by atoms with Crippen LogP contribution in [0.4, 0.5) is 5.82 Å². The fourth-order valence-electron chi connectivity index (χ4n) is 1.73. The van der Waals surface area contributed by atoms with E-state index < -0.39 is 0 Å². The van der Waals surface area contributed by atoms with Crippen LogP contribution < -0.4 is 5.32 Å². The van der Waals surface area contributed by atoms with Crippen LogP contribution in [0.25, 0.3) is 0 Å². The molecule has 1 saturated carbocycles. The highest BCUT2D eigenvalue weighted by atomic mass is 35.5. The first-order valence-electron chi connectivity index (χ1n) is 6.31. The van der Waals surface area contributed by atoms with E-state index in [1.54, 1.807) is 0 Å². The number of halogens is 1. The van der Waals surface area contributed by atoms with Crippen molar-refractivity contribution in [1.29, 1.82) is 0 Å². The summed E-state index contributed by atoms with van der Waals surface area (Å²) < 4.78 is 0. The highest BCUT2D eigenvalue weighted by Crippen LogP contribution is 2.44. The van der Waals surface area contributed by atoms with E-state index in [9.17, 15) is 0 Å². The number of aryl methyl sites for hydroxylation is 1. The van der Waals surface area contributed by atoms with Crippen LogP contribution in [0.2, 0.25) is 5.15 Å². The summed E-state index contributed by atoms with van der Waals surface area (Å²) in [4.78, 5) is 8.84. The van der Waals surface area contributed by atoms with Crippen LogP contribution in [0.3, 0.4) is 0 Å². The smallest absolute Gasteiger partial charge is 0.137 e. The molecule has 0 aliphatic heterocycles. The fourth-order valence-corrected chi connectivity index (χ4v) is 1.91. The summed E-state index contributed by atoms with van der Waals surface area (Å²) in [5, 5.41) is 4.00. The van der Waals surface area contributed by atoms with Crippen LogP contribution in [0.5, 0.6) is 0 Å². The van der Waals surface area contributed by atoms with Crippen molar-refractivity contribution in [3.8, 4) is 0 Å². The average molecular weight is 254 g/mol. The summed E-state index contributed by atoms with van der Waals surface area (Å²) >= 11 is 6.13. The molecule has 1 aromatic heterocycles. The van der Waals surface area contributed by atoms with Crippen molar-refractivity contribution < 1.29 is 0 Å². The van der Waals surface area contributed by atoms with Gasteiger partial charge in [-0.05, 0) is 31.6 Å². The Balaban J connectivity index is 2.13. The van der Waals surface area contributed by atoms with E-state index in [-0.39, 0.29) is 0 Å². The second kappa shape index (κ2) is 4.81. The topological polar surface area (TPSA) is 37.8 Å². The monoisotopic (exact) mass is 253 g/mol. The molecule has 1 aliphatic carbocycles. The molecule has 17 heavy (non-hydrogen) atoms. The van der Waals surface area contributed by atoms with Gasteiger partial charge in [-0.2, -0.15) is 0 Å². The third kappa shape index (κ3) is 3.09. The normalized spacial score (nSPS) is 16.9. The molecule has 0 radical (unpaired) electrons. The van der Waals surface area contributed by atoms with Crippen LogP contribution in [0.15, 0.2) is 0 Å². The molecule has 0 aromatic carbocycles. The molecule has 0 atom stereocenters. The first-order chi connectivity index (χ1) is 8.04. The van der Waals surface area contributed by atoms with Crippen LogP contribution in [0, 0.1) is 12.3 Å². The van der Waals surface area contributed by atoms with Crippen molar-refractivity contribution in [2.75, 3.05) is 11.9 Å². The molecule has 0 unspecified atom stereocenters. The first kappa shape index (κ1) is 12.6. The lowest BCUT2D eigenvalue weighted by Gasteiger charge is -2.14. The maximum absolute atomic E-state index is 6.13. The van der Waals surface area contributed by atoms with Crippen LogP contribution in [-0.4, -0.2) is 16.5 Å². The van der Waals surface area contributed by atoms with Gasteiger partial charge in [0.05, 0.1) is 0 Å². The molecule has 1 aliphatic rings. The Bertz CT molecular complexity index is 413. The second-order valence-electron chi connectivity index (χ2n) is 5.32. The van der Waals surface area contributed by atoms with Crippen molar-refractivity contribution in [3.05, 3.63) is 16.5 Å². The summed E-state index contributed by atoms with van der Waals surface area (Å²) in [5.74, 6) is 1.74. The largest absolute Gasteiger partial charge is 0.369 e. The Hall–Kier alpha value is -0.830. The lowest BCUT2D eigenvalue weighted by atomic mass is 10.1. The van der Waals surface area contributed by atoms with E-state index in [0.29, 0.717) is 10.6 Å². The molecule has 0 spiro atoms. The quantitative estimate of drug-likeness (QED) is 0.815. The zero-order valence-electron chi connectivity index (χ0n) is 10.8. The van der Waals surface area contributed by atoms with Gasteiger partial charge in [0, 0.05) is 18.5 Å². The maximum atomic E-state index is 6.13. The molecule has 3 nitrogen and oxygen atoms in total. The maximum Gasteiger partial charge on any atom is 0.137 e. The SMILES string of the molecule is CCCc1nc(Cl)c(C)c(NCC2(C)CC2)n1. The van der Waals surface area contributed by atoms with Gasteiger partial charge >= 0.3 is 0 Å². The Morgan fingerprint density at radius 2 is 2.06 bits per heavy atom. The standard InChI is InChI=1S/C13H20ClN3/c1-4-5-10-16-11(14)9(2)12(17-10)15-8-13(3)6-7-13/h4-8H2,1-3H3,(H,15,16,17). The fraction of sp³-hybridized carbons (Fsp3) is 0.692. The van der Waals surface area contributed by atoms with Gasteiger partial charge in [0.25, 0.3) is 0 Å². The van der Waals surface area contributed by atoms with Gasteiger partial charge in [-0.3, -0.25) is 0 Å². The number of aromatic nitrogens is 2. The first-order valence-corrected chi connectivity index (χ1v) is 6.69. The molecular weight excluding hydrogens is 234 g/mol. The van der Waals surface area contributed by atoms with E-state index in [0.717, 1.165) is 36.6 Å².